The highest BCUT2D eigenvalue weighted by Gasteiger charge is 2.36. The van der Waals surface area contributed by atoms with E-state index in [-0.39, 0.29) is 6.61 Å². The van der Waals surface area contributed by atoms with Gasteiger partial charge in [0, 0.05) is 59.4 Å². The molecule has 0 spiro atoms. The number of pyridine rings is 1. The van der Waals surface area contributed by atoms with Crippen molar-refractivity contribution < 1.29 is 27.9 Å². The number of hydrogen-bond donors (Lipinski definition) is 3. The molecule has 4 N–H and O–H groups in total. The van der Waals surface area contributed by atoms with Gasteiger partial charge in [-0.1, -0.05) is 0 Å². The van der Waals surface area contributed by atoms with Gasteiger partial charge in [0.05, 0.1) is 18.2 Å². The molecule has 0 aromatic carbocycles. The van der Waals surface area contributed by atoms with Gasteiger partial charge in [0.25, 0.3) is 0 Å². The Bertz CT molecular complexity index is 900. The van der Waals surface area contributed by atoms with Gasteiger partial charge in [-0.3, -0.25) is 0 Å². The van der Waals surface area contributed by atoms with Gasteiger partial charge in [-0.15, -0.1) is 0 Å². The van der Waals surface area contributed by atoms with Crippen molar-refractivity contribution >= 4 is 25.7 Å². The molecule has 11 nitrogen and oxygen atoms in total. The molecular formula is C23H43N5O6Si. The molecule has 0 aliphatic rings. The number of aliphatic hydroxyl groups is 1. The van der Waals surface area contributed by atoms with Crippen LogP contribution < -0.4 is 11.1 Å². The second-order valence-corrected chi connectivity index (χ2v) is 11.5. The zero-order chi connectivity index (χ0) is 25.8. The van der Waals surface area contributed by atoms with Gasteiger partial charge in [-0.2, -0.15) is 0 Å². The van der Waals surface area contributed by atoms with Gasteiger partial charge >= 0.3 is 8.80 Å². The van der Waals surface area contributed by atoms with E-state index >= 15 is 0 Å². The number of nitrogens with two attached hydrogens (primary N) is 1. The average molecular weight is 514 g/mol. The van der Waals surface area contributed by atoms with Crippen molar-refractivity contribution in [1.82, 2.24) is 19.9 Å². The number of imidazole rings is 1. The number of hydrogen-bond acceptors (Lipinski definition) is 10. The maximum absolute atomic E-state index is 10.2. The predicted molar refractivity (Wildman–Crippen MR) is 137 cm³/mol. The zero-order valence-electron chi connectivity index (χ0n) is 22.1. The lowest BCUT2D eigenvalue weighted by Gasteiger charge is -2.24. The molecule has 2 rings (SSSR count). The molecule has 0 aliphatic heterocycles. The summed E-state index contributed by atoms with van der Waals surface area (Å²) in [4.78, 5) is 9.13. The van der Waals surface area contributed by atoms with Crippen LogP contribution in [0.2, 0.25) is 6.04 Å². The zero-order valence-corrected chi connectivity index (χ0v) is 23.1. The molecule has 0 radical (unpaired) electrons. The van der Waals surface area contributed by atoms with Crippen molar-refractivity contribution in [2.45, 2.75) is 58.9 Å². The third-order valence-electron chi connectivity index (χ3n) is 6.04. The number of anilines is 1. The van der Waals surface area contributed by atoms with E-state index in [4.69, 9.17) is 33.5 Å². The Morgan fingerprint density at radius 2 is 1.80 bits per heavy atom. The summed E-state index contributed by atoms with van der Waals surface area (Å²) in [7, 11) is 2.22. The molecule has 1 unspecified atom stereocenters. The molecule has 2 heterocycles. The number of nitrogens with one attached hydrogen (secondary N) is 1. The Morgan fingerprint density at radius 3 is 2.46 bits per heavy atom. The summed E-state index contributed by atoms with van der Waals surface area (Å²) >= 11 is 0. The van der Waals surface area contributed by atoms with Crippen molar-refractivity contribution in [3.05, 3.63) is 17.1 Å². The molecule has 2 aromatic rings. The van der Waals surface area contributed by atoms with E-state index in [9.17, 15) is 5.11 Å². The summed E-state index contributed by atoms with van der Waals surface area (Å²) in [6.45, 7) is 9.74. The van der Waals surface area contributed by atoms with E-state index in [1.165, 1.54) is 0 Å². The molecule has 0 saturated carbocycles. The van der Waals surface area contributed by atoms with E-state index in [1.54, 1.807) is 21.3 Å². The van der Waals surface area contributed by atoms with E-state index in [0.717, 1.165) is 54.0 Å². The minimum absolute atomic E-state index is 0.268. The number of nitrogen functional groups attached to an aromatic ring is 1. The summed E-state index contributed by atoms with van der Waals surface area (Å²) in [5.41, 5.74) is 9.87. The monoisotopic (exact) mass is 513 g/mol. The molecule has 0 bridgehead atoms. The first-order valence-electron chi connectivity index (χ1n) is 12.1. The number of ether oxygens (including phenoxy) is 2. The van der Waals surface area contributed by atoms with Gasteiger partial charge < -0.3 is 43.5 Å². The molecule has 12 heteroatoms. The standard InChI is InChI=1S/C23H43N5O6Si/c1-7-33-16-20-27-21-22(17(2)18(3)26-23(21)24)28(20)11-8-10-25-14-19(29)15-34-12-9-13-35(30-4,31-5)32-6/h19,25,29H,7-16H2,1-6H3,(H2,24,26). The number of aromatic nitrogens is 3. The van der Waals surface area contributed by atoms with Crippen molar-refractivity contribution in [2.24, 2.45) is 0 Å². The van der Waals surface area contributed by atoms with Crippen molar-refractivity contribution in [3.63, 3.8) is 0 Å². The molecule has 0 aliphatic carbocycles. The van der Waals surface area contributed by atoms with Crippen LogP contribution in [0, 0.1) is 13.8 Å². The number of aryl methyl sites for hydroxylation is 3. The van der Waals surface area contributed by atoms with E-state index in [2.05, 4.69) is 14.9 Å². The fourth-order valence-corrected chi connectivity index (χ4v) is 5.64. The lowest BCUT2D eigenvalue weighted by molar-refractivity contribution is 0.0352. The molecular weight excluding hydrogens is 470 g/mol. The topological polar surface area (TPSA) is 135 Å². The molecule has 200 valence electrons. The Balaban J connectivity index is 1.78. The normalized spacial score (nSPS) is 13.1. The van der Waals surface area contributed by atoms with Gasteiger partial charge in [-0.25, -0.2) is 9.97 Å². The van der Waals surface area contributed by atoms with Crippen molar-refractivity contribution in [1.29, 1.82) is 0 Å². The minimum atomic E-state index is -2.57. The first-order chi connectivity index (χ1) is 16.8. The van der Waals surface area contributed by atoms with Crippen LogP contribution in [0.4, 0.5) is 5.82 Å². The number of rotatable bonds is 18. The SMILES string of the molecule is CCOCc1nc2c(N)nc(C)c(C)c2n1CCCNCC(O)COCCC[Si](OC)(OC)OC. The summed E-state index contributed by atoms with van der Waals surface area (Å²) in [5, 5.41) is 13.5. The molecule has 0 saturated heterocycles. The highest BCUT2D eigenvalue weighted by atomic mass is 28.4. The average Bonchev–Trinajstić information content (AvgIpc) is 3.22. The molecule has 1 atom stereocenters. The summed E-state index contributed by atoms with van der Waals surface area (Å²) in [6, 6.07) is 0.666. The molecule has 35 heavy (non-hydrogen) atoms. The van der Waals surface area contributed by atoms with Crippen LogP contribution in [-0.2, 0) is 35.9 Å². The van der Waals surface area contributed by atoms with Crippen LogP contribution >= 0.6 is 0 Å². The summed E-state index contributed by atoms with van der Waals surface area (Å²) in [5.74, 6) is 1.29. The van der Waals surface area contributed by atoms with Gasteiger partial charge in [0.1, 0.15) is 17.9 Å². The first-order valence-corrected chi connectivity index (χ1v) is 14.1. The third kappa shape index (κ3) is 8.19. The maximum atomic E-state index is 10.2. The smallest absolute Gasteiger partial charge is 0.389 e. The Labute approximate surface area is 209 Å². The predicted octanol–water partition coefficient (Wildman–Crippen LogP) is 1.79. The Morgan fingerprint density at radius 1 is 1.09 bits per heavy atom. The van der Waals surface area contributed by atoms with Crippen molar-refractivity contribution in [2.75, 3.05) is 60.0 Å². The van der Waals surface area contributed by atoms with E-state index in [0.29, 0.717) is 38.2 Å². The first kappa shape index (κ1) is 29.6. The lowest BCUT2D eigenvalue weighted by atomic mass is 10.2. The van der Waals surface area contributed by atoms with E-state index in [1.807, 2.05) is 20.8 Å². The van der Waals surface area contributed by atoms with Gasteiger partial charge in [0.15, 0.2) is 5.82 Å². The second kappa shape index (κ2) is 14.8. The van der Waals surface area contributed by atoms with E-state index < -0.39 is 14.9 Å². The third-order valence-corrected chi connectivity index (χ3v) is 8.87. The Kier molecular flexibility index (Phi) is 12.5. The maximum Gasteiger partial charge on any atom is 0.500 e. The molecule has 2 aromatic heterocycles. The fraction of sp³-hybridized carbons (Fsp3) is 0.739. The Hall–Kier alpha value is -1.64. The number of fused-ring (bicyclic) bond motifs is 1. The minimum Gasteiger partial charge on any atom is -0.389 e. The number of nitrogens with zero attached hydrogens (tertiary/aromatic N) is 3. The second-order valence-electron chi connectivity index (χ2n) is 8.41. The van der Waals surface area contributed by atoms with Crippen LogP contribution in [-0.4, -0.2) is 88.8 Å². The van der Waals surface area contributed by atoms with Gasteiger partial charge in [0.2, 0.25) is 0 Å². The quantitative estimate of drug-likeness (QED) is 0.200. The highest BCUT2D eigenvalue weighted by Crippen LogP contribution is 2.26. The van der Waals surface area contributed by atoms with Gasteiger partial charge in [-0.05, 0) is 45.7 Å². The number of aliphatic hydroxyl groups excluding tert-OH is 1. The summed E-state index contributed by atoms with van der Waals surface area (Å²) in [6.07, 6.45) is 1.02. The van der Waals surface area contributed by atoms with Crippen LogP contribution in [0.5, 0.6) is 0 Å². The highest BCUT2D eigenvalue weighted by molar-refractivity contribution is 6.60. The largest absolute Gasteiger partial charge is 0.500 e. The van der Waals surface area contributed by atoms with Crippen LogP contribution in [0.3, 0.4) is 0 Å². The van der Waals surface area contributed by atoms with Crippen molar-refractivity contribution in [3.8, 4) is 0 Å². The summed E-state index contributed by atoms with van der Waals surface area (Å²) < 4.78 is 29.6. The molecule has 0 amide bonds. The lowest BCUT2D eigenvalue weighted by Crippen LogP contribution is -2.42. The van der Waals surface area contributed by atoms with Crippen LogP contribution in [0.15, 0.2) is 0 Å². The fourth-order valence-electron chi connectivity index (χ4n) is 3.95. The van der Waals surface area contributed by atoms with Crippen LogP contribution in [0.1, 0.15) is 36.8 Å². The molecule has 0 fully saturated rings. The van der Waals surface area contributed by atoms with Crippen LogP contribution in [0.25, 0.3) is 11.0 Å².